The van der Waals surface area contributed by atoms with Crippen molar-refractivity contribution < 1.29 is 19.3 Å². The zero-order chi connectivity index (χ0) is 11.2. The molecule has 0 fully saturated rings. The lowest BCUT2D eigenvalue weighted by molar-refractivity contribution is -0.310. The lowest BCUT2D eigenvalue weighted by Gasteiger charge is -2.15. The van der Waals surface area contributed by atoms with E-state index in [0.717, 1.165) is 0 Å². The van der Waals surface area contributed by atoms with Crippen molar-refractivity contribution in [2.45, 2.75) is 33.3 Å². The molecule has 0 aliphatic carbocycles. The number of ether oxygens (including phenoxy) is 1. The van der Waals surface area contributed by atoms with Gasteiger partial charge in [0.25, 0.3) is 0 Å². The molecule has 4 nitrogen and oxygen atoms in total. The van der Waals surface area contributed by atoms with Gasteiger partial charge in [-0.1, -0.05) is 0 Å². The summed E-state index contributed by atoms with van der Waals surface area (Å²) in [5.41, 5.74) is -0.0783. The molecule has 0 rings (SSSR count). The van der Waals surface area contributed by atoms with Gasteiger partial charge in [0.2, 0.25) is 0 Å². The van der Waals surface area contributed by atoms with Gasteiger partial charge in [-0.15, -0.1) is 0 Å². The Balaban J connectivity index is 3.94. The highest BCUT2D eigenvalue weighted by Gasteiger charge is 2.12. The van der Waals surface area contributed by atoms with Crippen LogP contribution >= 0.6 is 0 Å². The van der Waals surface area contributed by atoms with Gasteiger partial charge in [0.05, 0.1) is 12.2 Å². The summed E-state index contributed by atoms with van der Waals surface area (Å²) in [6.07, 6.45) is 1.21. The molecule has 0 heterocycles. The number of carbonyl (C=O) groups is 1. The van der Waals surface area contributed by atoms with Crippen molar-refractivity contribution in [1.29, 1.82) is 0 Å². The minimum absolute atomic E-state index is 0.101. The number of hydrogen-bond acceptors (Lipinski definition) is 4. The van der Waals surface area contributed by atoms with Crippen LogP contribution in [0.2, 0.25) is 0 Å². The van der Waals surface area contributed by atoms with E-state index in [1.54, 1.807) is 6.92 Å². The van der Waals surface area contributed by atoms with Gasteiger partial charge in [0.15, 0.2) is 0 Å². The molecular formula is C10H17O4. The highest BCUT2D eigenvalue weighted by Crippen LogP contribution is 2.08. The van der Waals surface area contributed by atoms with Gasteiger partial charge in [0, 0.05) is 0 Å². The van der Waals surface area contributed by atoms with Crippen LogP contribution in [-0.2, 0) is 19.3 Å². The molecule has 0 aliphatic rings. The smallest absolute Gasteiger partial charge is 0.336 e. The first-order valence-corrected chi connectivity index (χ1v) is 4.34. The van der Waals surface area contributed by atoms with Crippen molar-refractivity contribution in [3.63, 3.8) is 0 Å². The van der Waals surface area contributed by atoms with Gasteiger partial charge >= 0.3 is 5.97 Å². The Morgan fingerprint density at radius 3 is 2.43 bits per heavy atom. The third-order valence-corrected chi connectivity index (χ3v) is 1.08. The van der Waals surface area contributed by atoms with E-state index >= 15 is 0 Å². The summed E-state index contributed by atoms with van der Waals surface area (Å²) in [5.74, 6) is -0.461. The molecule has 0 atom stereocenters. The molecule has 0 amide bonds. The molecule has 0 aromatic carbocycles. The fraction of sp³-hybridized carbons (Fsp3) is 0.600. The topological polar surface area (TPSA) is 44.8 Å². The summed E-state index contributed by atoms with van der Waals surface area (Å²) in [5, 5.41) is 0. The van der Waals surface area contributed by atoms with Crippen molar-refractivity contribution >= 4 is 5.97 Å². The molecule has 81 valence electrons. The molecule has 0 aliphatic heterocycles. The molecule has 1 radical (unpaired) electrons. The zero-order valence-electron chi connectivity index (χ0n) is 9.12. The zero-order valence-corrected chi connectivity index (χ0v) is 9.12. The van der Waals surface area contributed by atoms with Crippen molar-refractivity contribution in [3.05, 3.63) is 18.8 Å². The van der Waals surface area contributed by atoms with Crippen LogP contribution in [0.25, 0.3) is 0 Å². The minimum atomic E-state index is -0.461. The Hall–Kier alpha value is -1.03. The molecule has 4 heteroatoms. The molecule has 14 heavy (non-hydrogen) atoms. The van der Waals surface area contributed by atoms with E-state index in [4.69, 9.17) is 9.78 Å². The molecule has 0 unspecified atom stereocenters. The molecule has 0 aromatic rings. The standard InChI is InChI=1S/C10H17O4/c1-6-12-9(11)8(2)7-13-14-10(3,4)5/h7H,1,6H2,2-5H3. The van der Waals surface area contributed by atoms with Gasteiger partial charge in [-0.05, 0) is 34.6 Å². The van der Waals surface area contributed by atoms with Crippen LogP contribution in [0, 0.1) is 6.92 Å². The number of carbonyl (C=O) groups excluding carboxylic acids is 1. The second-order valence-corrected chi connectivity index (χ2v) is 3.73. The lowest BCUT2D eigenvalue weighted by Crippen LogP contribution is -2.18. The summed E-state index contributed by atoms with van der Waals surface area (Å²) >= 11 is 0. The van der Waals surface area contributed by atoms with E-state index in [9.17, 15) is 4.79 Å². The minimum Gasteiger partial charge on any atom is -0.462 e. The fourth-order valence-electron chi connectivity index (χ4n) is 0.495. The highest BCUT2D eigenvalue weighted by atomic mass is 17.2. The van der Waals surface area contributed by atoms with Crippen LogP contribution < -0.4 is 0 Å². The van der Waals surface area contributed by atoms with E-state index in [1.807, 2.05) is 20.8 Å². The van der Waals surface area contributed by atoms with E-state index in [0.29, 0.717) is 5.57 Å². The molecule has 0 N–H and O–H groups in total. The molecule has 0 saturated carbocycles. The highest BCUT2D eigenvalue weighted by molar-refractivity contribution is 5.87. The third kappa shape index (κ3) is 6.48. The van der Waals surface area contributed by atoms with Gasteiger partial charge < -0.3 is 9.62 Å². The SMILES string of the molecule is [CH2]COC(=O)C(C)=COOC(C)(C)C. The van der Waals surface area contributed by atoms with Gasteiger partial charge in [-0.2, -0.15) is 4.89 Å². The normalized spacial score (nSPS) is 12.5. The van der Waals surface area contributed by atoms with Crippen molar-refractivity contribution in [2.75, 3.05) is 6.61 Å². The van der Waals surface area contributed by atoms with Crippen LogP contribution in [-0.4, -0.2) is 18.2 Å². The summed E-state index contributed by atoms with van der Waals surface area (Å²) < 4.78 is 4.63. The summed E-state index contributed by atoms with van der Waals surface area (Å²) in [4.78, 5) is 20.7. The Labute approximate surface area is 84.8 Å². The molecular weight excluding hydrogens is 184 g/mol. The number of esters is 1. The molecule has 0 spiro atoms. The summed E-state index contributed by atoms with van der Waals surface area (Å²) in [6.45, 7) is 10.6. The predicted octanol–water partition coefficient (Wildman–Crippen LogP) is 2.01. The lowest BCUT2D eigenvalue weighted by atomic mass is 10.2. The largest absolute Gasteiger partial charge is 0.462 e. The van der Waals surface area contributed by atoms with E-state index in [-0.39, 0.29) is 6.61 Å². The quantitative estimate of drug-likeness (QED) is 0.229. The van der Waals surface area contributed by atoms with Crippen molar-refractivity contribution in [2.24, 2.45) is 0 Å². The van der Waals surface area contributed by atoms with Gasteiger partial charge in [-0.25, -0.2) is 4.79 Å². The van der Waals surface area contributed by atoms with Crippen LogP contribution in [0.5, 0.6) is 0 Å². The maximum Gasteiger partial charge on any atom is 0.336 e. The van der Waals surface area contributed by atoms with Gasteiger partial charge in [0.1, 0.15) is 11.9 Å². The third-order valence-electron chi connectivity index (χ3n) is 1.08. The van der Waals surface area contributed by atoms with E-state index in [2.05, 4.69) is 11.7 Å². The maximum absolute atomic E-state index is 11.0. The first-order valence-electron chi connectivity index (χ1n) is 4.34. The number of rotatable bonds is 4. The van der Waals surface area contributed by atoms with Crippen molar-refractivity contribution in [1.82, 2.24) is 0 Å². The second kappa shape index (κ2) is 5.65. The van der Waals surface area contributed by atoms with Crippen LogP contribution in [0.3, 0.4) is 0 Å². The molecule has 0 aromatic heterocycles. The fourth-order valence-corrected chi connectivity index (χ4v) is 0.495. The molecule has 0 saturated heterocycles. The van der Waals surface area contributed by atoms with Gasteiger partial charge in [-0.3, -0.25) is 0 Å². The summed E-state index contributed by atoms with van der Waals surface area (Å²) in [7, 11) is 0. The number of hydrogen-bond donors (Lipinski definition) is 0. The monoisotopic (exact) mass is 201 g/mol. The Morgan fingerprint density at radius 1 is 1.43 bits per heavy atom. The maximum atomic E-state index is 11.0. The average molecular weight is 201 g/mol. The van der Waals surface area contributed by atoms with Crippen LogP contribution in [0.4, 0.5) is 0 Å². The van der Waals surface area contributed by atoms with E-state index in [1.165, 1.54) is 6.26 Å². The average Bonchev–Trinajstić information content (AvgIpc) is 2.02. The van der Waals surface area contributed by atoms with Crippen LogP contribution in [0.15, 0.2) is 11.8 Å². The van der Waals surface area contributed by atoms with E-state index < -0.39 is 11.6 Å². The first-order chi connectivity index (χ1) is 6.37. The Bertz CT molecular complexity index is 213. The molecule has 0 bridgehead atoms. The Morgan fingerprint density at radius 2 is 2.00 bits per heavy atom. The predicted molar refractivity (Wildman–Crippen MR) is 52.0 cm³/mol. The van der Waals surface area contributed by atoms with Crippen molar-refractivity contribution in [3.8, 4) is 0 Å². The van der Waals surface area contributed by atoms with Crippen LogP contribution in [0.1, 0.15) is 27.7 Å². The Kier molecular flexibility index (Phi) is 5.23. The second-order valence-electron chi connectivity index (χ2n) is 3.73. The first kappa shape index (κ1) is 13.0. The summed E-state index contributed by atoms with van der Waals surface area (Å²) in [6, 6.07) is 0.